The van der Waals surface area contributed by atoms with Gasteiger partial charge in [-0.25, -0.2) is 15.0 Å². The van der Waals surface area contributed by atoms with Crippen LogP contribution in [0.5, 0.6) is 0 Å². The molecule has 1 N–H and O–H groups in total. The number of hydrogen-bond acceptors (Lipinski definition) is 5. The van der Waals surface area contributed by atoms with Gasteiger partial charge in [0.2, 0.25) is 0 Å². The molecule has 0 saturated heterocycles. The second-order valence-corrected chi connectivity index (χ2v) is 5.70. The highest BCUT2D eigenvalue weighted by Crippen LogP contribution is 2.26. The van der Waals surface area contributed by atoms with Gasteiger partial charge in [0.25, 0.3) is 0 Å². The summed E-state index contributed by atoms with van der Waals surface area (Å²) in [6.45, 7) is 6.11. The van der Waals surface area contributed by atoms with E-state index < -0.39 is 0 Å². The number of aromatic nitrogens is 4. The van der Waals surface area contributed by atoms with Crippen LogP contribution in [-0.2, 0) is 13.7 Å². The Morgan fingerprint density at radius 3 is 2.68 bits per heavy atom. The number of rotatable bonds is 4. The lowest BCUT2D eigenvalue weighted by Gasteiger charge is -2.08. The molecule has 0 fully saturated rings. The first-order chi connectivity index (χ1) is 9.01. The van der Waals surface area contributed by atoms with E-state index in [1.807, 2.05) is 24.6 Å². The highest BCUT2D eigenvalue weighted by molar-refractivity contribution is 7.99. The molecule has 0 aliphatic heterocycles. The van der Waals surface area contributed by atoms with Gasteiger partial charge in [-0.15, -0.1) is 0 Å². The molecule has 0 amide bonds. The second-order valence-electron chi connectivity index (χ2n) is 4.71. The van der Waals surface area contributed by atoms with Gasteiger partial charge < -0.3 is 9.67 Å². The van der Waals surface area contributed by atoms with E-state index in [-0.39, 0.29) is 6.61 Å². The van der Waals surface area contributed by atoms with E-state index in [0.29, 0.717) is 5.92 Å². The van der Waals surface area contributed by atoms with Gasteiger partial charge >= 0.3 is 0 Å². The second kappa shape index (κ2) is 5.71. The van der Waals surface area contributed by atoms with E-state index in [1.165, 1.54) is 11.8 Å². The van der Waals surface area contributed by atoms with Crippen LogP contribution in [0.3, 0.4) is 0 Å². The molecule has 6 heteroatoms. The average Bonchev–Trinajstić information content (AvgIpc) is 2.70. The Morgan fingerprint density at radius 1 is 1.37 bits per heavy atom. The highest BCUT2D eigenvalue weighted by Gasteiger charge is 2.11. The van der Waals surface area contributed by atoms with Crippen LogP contribution in [0.25, 0.3) is 0 Å². The Morgan fingerprint density at radius 2 is 2.11 bits per heavy atom. The van der Waals surface area contributed by atoms with E-state index in [0.717, 1.165) is 27.4 Å². The molecule has 2 heterocycles. The first-order valence-corrected chi connectivity index (χ1v) is 6.97. The Bertz CT molecular complexity index is 580. The van der Waals surface area contributed by atoms with Gasteiger partial charge in [0.15, 0.2) is 5.16 Å². The van der Waals surface area contributed by atoms with Crippen molar-refractivity contribution in [2.75, 3.05) is 0 Å². The summed E-state index contributed by atoms with van der Waals surface area (Å²) in [5.74, 6) is 1.15. The minimum absolute atomic E-state index is 0.00982. The summed E-state index contributed by atoms with van der Waals surface area (Å²) in [4.78, 5) is 13.3. The molecule has 2 rings (SSSR count). The summed E-state index contributed by atoms with van der Waals surface area (Å²) in [5, 5.41) is 10.9. The summed E-state index contributed by atoms with van der Waals surface area (Å²) >= 11 is 1.49. The van der Waals surface area contributed by atoms with E-state index in [1.54, 1.807) is 6.20 Å². The number of nitrogens with zero attached hydrogens (tertiary/aromatic N) is 4. The third kappa shape index (κ3) is 3.13. The number of imidazole rings is 1. The maximum Gasteiger partial charge on any atom is 0.174 e. The van der Waals surface area contributed by atoms with Crippen molar-refractivity contribution in [1.82, 2.24) is 19.5 Å². The van der Waals surface area contributed by atoms with E-state index in [9.17, 15) is 0 Å². The summed E-state index contributed by atoms with van der Waals surface area (Å²) in [5.41, 5.74) is 1.75. The SMILES string of the molecule is Cc1cc(Sc2ncc(CO)n2C)nc(C(C)C)n1. The molecule has 2 aromatic heterocycles. The van der Waals surface area contributed by atoms with E-state index in [2.05, 4.69) is 28.8 Å². The highest BCUT2D eigenvalue weighted by atomic mass is 32.2. The van der Waals surface area contributed by atoms with E-state index >= 15 is 0 Å². The molecule has 0 atom stereocenters. The van der Waals surface area contributed by atoms with Gasteiger partial charge in [-0.3, -0.25) is 0 Å². The summed E-state index contributed by atoms with van der Waals surface area (Å²) < 4.78 is 1.87. The van der Waals surface area contributed by atoms with Gasteiger partial charge in [0.1, 0.15) is 10.9 Å². The minimum Gasteiger partial charge on any atom is -0.390 e. The molecule has 0 aliphatic rings. The van der Waals surface area contributed by atoms with Crippen LogP contribution >= 0.6 is 11.8 Å². The van der Waals surface area contributed by atoms with Crippen LogP contribution in [-0.4, -0.2) is 24.6 Å². The minimum atomic E-state index is -0.00982. The van der Waals surface area contributed by atoms with Gasteiger partial charge in [-0.2, -0.15) is 0 Å². The lowest BCUT2D eigenvalue weighted by Crippen LogP contribution is -2.01. The van der Waals surface area contributed by atoms with Crippen LogP contribution in [0.2, 0.25) is 0 Å². The molecule has 0 spiro atoms. The molecule has 0 aliphatic carbocycles. The van der Waals surface area contributed by atoms with Crippen molar-refractivity contribution in [2.24, 2.45) is 7.05 Å². The Kier molecular flexibility index (Phi) is 4.21. The van der Waals surface area contributed by atoms with Gasteiger partial charge in [0.05, 0.1) is 18.5 Å². The third-order valence-corrected chi connectivity index (χ3v) is 3.74. The number of hydrogen-bond donors (Lipinski definition) is 1. The quantitative estimate of drug-likeness (QED) is 0.869. The first-order valence-electron chi connectivity index (χ1n) is 6.16. The van der Waals surface area contributed by atoms with Crippen molar-refractivity contribution in [3.8, 4) is 0 Å². The van der Waals surface area contributed by atoms with Crippen molar-refractivity contribution in [2.45, 2.75) is 43.5 Å². The predicted octanol–water partition coefficient (Wildman–Crippen LogP) is 2.29. The molecular weight excluding hydrogens is 260 g/mol. The zero-order valence-corrected chi connectivity index (χ0v) is 12.4. The maximum absolute atomic E-state index is 9.16. The largest absolute Gasteiger partial charge is 0.390 e. The fraction of sp³-hybridized carbons (Fsp3) is 0.462. The molecule has 102 valence electrons. The molecule has 0 aromatic carbocycles. The Labute approximate surface area is 117 Å². The lowest BCUT2D eigenvalue weighted by molar-refractivity contribution is 0.271. The topological polar surface area (TPSA) is 63.8 Å². The van der Waals surface area contributed by atoms with Crippen molar-refractivity contribution in [3.05, 3.63) is 29.5 Å². The van der Waals surface area contributed by atoms with Crippen molar-refractivity contribution in [3.63, 3.8) is 0 Å². The van der Waals surface area contributed by atoms with Crippen molar-refractivity contribution >= 4 is 11.8 Å². The maximum atomic E-state index is 9.16. The smallest absolute Gasteiger partial charge is 0.174 e. The first kappa shape index (κ1) is 14.0. The van der Waals surface area contributed by atoms with Crippen LogP contribution in [0.15, 0.2) is 22.4 Å². The van der Waals surface area contributed by atoms with Crippen molar-refractivity contribution in [1.29, 1.82) is 0 Å². The van der Waals surface area contributed by atoms with Gasteiger partial charge in [-0.05, 0) is 24.8 Å². The monoisotopic (exact) mass is 278 g/mol. The number of aliphatic hydroxyl groups excluding tert-OH is 1. The van der Waals surface area contributed by atoms with Crippen molar-refractivity contribution < 1.29 is 5.11 Å². The molecule has 2 aromatic rings. The van der Waals surface area contributed by atoms with E-state index in [4.69, 9.17) is 5.11 Å². The van der Waals surface area contributed by atoms with Crippen LogP contribution in [0.4, 0.5) is 0 Å². The van der Waals surface area contributed by atoms with Crippen LogP contribution in [0, 0.1) is 6.92 Å². The molecule has 0 unspecified atom stereocenters. The molecule has 0 radical (unpaired) electrons. The lowest BCUT2D eigenvalue weighted by atomic mass is 10.2. The van der Waals surface area contributed by atoms with Crippen LogP contribution in [0.1, 0.15) is 37.0 Å². The Hall–Kier alpha value is -1.40. The summed E-state index contributed by atoms with van der Waals surface area (Å²) in [7, 11) is 1.89. The Balaban J connectivity index is 2.30. The zero-order chi connectivity index (χ0) is 14.0. The van der Waals surface area contributed by atoms with Crippen LogP contribution < -0.4 is 0 Å². The normalized spacial score (nSPS) is 11.3. The molecule has 0 bridgehead atoms. The molecular formula is C13H18N4OS. The predicted molar refractivity (Wildman–Crippen MR) is 74.1 cm³/mol. The van der Waals surface area contributed by atoms with Gasteiger partial charge in [0, 0.05) is 18.7 Å². The summed E-state index contributed by atoms with van der Waals surface area (Å²) in [6.07, 6.45) is 1.68. The molecule has 0 saturated carbocycles. The van der Waals surface area contributed by atoms with Gasteiger partial charge in [-0.1, -0.05) is 13.8 Å². The molecule has 19 heavy (non-hydrogen) atoms. The standard InChI is InChI=1S/C13H18N4OS/c1-8(2)12-15-9(3)5-11(16-12)19-13-14-6-10(7-18)17(13)4/h5-6,8,18H,7H2,1-4H3. The number of aryl methyl sites for hydroxylation is 1. The third-order valence-electron chi connectivity index (χ3n) is 2.76. The number of aliphatic hydroxyl groups is 1. The zero-order valence-electron chi connectivity index (χ0n) is 11.6. The fourth-order valence-electron chi connectivity index (χ4n) is 1.63. The summed E-state index contributed by atoms with van der Waals surface area (Å²) in [6, 6.07) is 1.95. The average molecular weight is 278 g/mol. The molecule has 5 nitrogen and oxygen atoms in total. The fourth-order valence-corrected chi connectivity index (χ4v) is 2.55.